The molecule has 0 saturated heterocycles. The van der Waals surface area contributed by atoms with Crippen LogP contribution in [0, 0.1) is 0 Å². The van der Waals surface area contributed by atoms with Gasteiger partial charge in [0.05, 0.1) is 0 Å². The fourth-order valence-corrected chi connectivity index (χ4v) is 1.03. The minimum atomic E-state index is 0.767. The maximum atomic E-state index is 3.98. The monoisotopic (exact) mass is 171 g/mol. The molecule has 1 aromatic carbocycles. The molecule has 0 aliphatic carbocycles. The molecule has 2 rings (SSSR count). The molecule has 0 radical (unpaired) electrons. The molecule has 0 aliphatic rings. The number of H-pyrrole nitrogens is 1. The van der Waals surface area contributed by atoms with Gasteiger partial charge in [0.25, 0.3) is 0 Å². The van der Waals surface area contributed by atoms with E-state index in [1.54, 1.807) is 0 Å². The highest BCUT2D eigenvalue weighted by Gasteiger charge is 1.87. The fraction of sp³-hybridized carbons (Fsp3) is 0. The van der Waals surface area contributed by atoms with Crippen LogP contribution in [-0.2, 0) is 0 Å². The standard InChI is InChI=1S/C10H9N3/c1-2-4-9(5-3-1)6-7-10-11-8-12-13-10/h1-8H,(H,11,12,13)/b7-6+. The highest BCUT2D eigenvalue weighted by atomic mass is 15.2. The van der Waals surface area contributed by atoms with Gasteiger partial charge in [-0.3, -0.25) is 5.10 Å². The zero-order valence-electron chi connectivity index (χ0n) is 7.01. The molecule has 3 nitrogen and oxygen atoms in total. The van der Waals surface area contributed by atoms with Crippen molar-refractivity contribution >= 4 is 12.2 Å². The van der Waals surface area contributed by atoms with Gasteiger partial charge >= 0.3 is 0 Å². The maximum absolute atomic E-state index is 3.98. The minimum absolute atomic E-state index is 0.767. The van der Waals surface area contributed by atoms with Crippen LogP contribution in [0.3, 0.4) is 0 Å². The number of hydrogen-bond acceptors (Lipinski definition) is 2. The minimum Gasteiger partial charge on any atom is -0.260 e. The van der Waals surface area contributed by atoms with Crippen molar-refractivity contribution < 1.29 is 0 Å². The molecule has 0 atom stereocenters. The molecule has 0 spiro atoms. The summed E-state index contributed by atoms with van der Waals surface area (Å²) < 4.78 is 0. The molecular weight excluding hydrogens is 162 g/mol. The number of hydrogen-bond donors (Lipinski definition) is 1. The van der Waals surface area contributed by atoms with E-state index >= 15 is 0 Å². The van der Waals surface area contributed by atoms with E-state index in [4.69, 9.17) is 0 Å². The smallest absolute Gasteiger partial charge is 0.148 e. The van der Waals surface area contributed by atoms with E-state index in [0.717, 1.165) is 11.4 Å². The predicted octanol–water partition coefficient (Wildman–Crippen LogP) is 1.98. The van der Waals surface area contributed by atoms with Gasteiger partial charge in [-0.1, -0.05) is 36.4 Å². The van der Waals surface area contributed by atoms with Crippen molar-refractivity contribution in [3.63, 3.8) is 0 Å². The summed E-state index contributed by atoms with van der Waals surface area (Å²) in [5.74, 6) is 0.767. The van der Waals surface area contributed by atoms with Gasteiger partial charge in [-0.15, -0.1) is 0 Å². The second kappa shape index (κ2) is 3.67. The summed E-state index contributed by atoms with van der Waals surface area (Å²) in [6.07, 6.45) is 5.37. The molecule has 0 saturated carbocycles. The van der Waals surface area contributed by atoms with Crippen molar-refractivity contribution in [2.24, 2.45) is 0 Å². The van der Waals surface area contributed by atoms with Crippen molar-refractivity contribution in [3.8, 4) is 0 Å². The summed E-state index contributed by atoms with van der Waals surface area (Å²) in [5.41, 5.74) is 1.15. The van der Waals surface area contributed by atoms with E-state index < -0.39 is 0 Å². The largest absolute Gasteiger partial charge is 0.260 e. The highest BCUT2D eigenvalue weighted by Crippen LogP contribution is 2.03. The van der Waals surface area contributed by atoms with E-state index in [0.29, 0.717) is 0 Å². The highest BCUT2D eigenvalue weighted by molar-refractivity contribution is 5.66. The normalized spacial score (nSPS) is 10.8. The fourth-order valence-electron chi connectivity index (χ4n) is 1.03. The Labute approximate surface area is 76.1 Å². The summed E-state index contributed by atoms with van der Waals surface area (Å²) in [5, 5.41) is 6.51. The van der Waals surface area contributed by atoms with Crippen molar-refractivity contribution in [2.45, 2.75) is 0 Å². The van der Waals surface area contributed by atoms with Crippen LogP contribution in [0.25, 0.3) is 12.2 Å². The van der Waals surface area contributed by atoms with Gasteiger partial charge in [-0.25, -0.2) is 4.98 Å². The maximum Gasteiger partial charge on any atom is 0.148 e. The van der Waals surface area contributed by atoms with Crippen LogP contribution >= 0.6 is 0 Å². The average molecular weight is 171 g/mol. The Morgan fingerprint density at radius 1 is 1.08 bits per heavy atom. The Morgan fingerprint density at radius 3 is 2.62 bits per heavy atom. The van der Waals surface area contributed by atoms with E-state index in [1.165, 1.54) is 6.33 Å². The molecule has 0 unspecified atom stereocenters. The van der Waals surface area contributed by atoms with Crippen LogP contribution in [0.1, 0.15) is 11.4 Å². The summed E-state index contributed by atoms with van der Waals surface area (Å²) in [4.78, 5) is 3.98. The lowest BCUT2D eigenvalue weighted by Crippen LogP contribution is -1.74. The molecular formula is C10H9N3. The molecule has 0 aliphatic heterocycles. The van der Waals surface area contributed by atoms with Crippen molar-refractivity contribution in [2.75, 3.05) is 0 Å². The van der Waals surface area contributed by atoms with Gasteiger partial charge < -0.3 is 0 Å². The van der Waals surface area contributed by atoms with Crippen molar-refractivity contribution in [3.05, 3.63) is 48.0 Å². The van der Waals surface area contributed by atoms with Crippen molar-refractivity contribution in [1.29, 1.82) is 0 Å². The number of nitrogens with zero attached hydrogens (tertiary/aromatic N) is 2. The van der Waals surface area contributed by atoms with E-state index in [1.807, 2.05) is 42.5 Å². The Bertz CT molecular complexity index is 376. The number of aromatic amines is 1. The quantitative estimate of drug-likeness (QED) is 0.750. The van der Waals surface area contributed by atoms with Gasteiger partial charge in [0.15, 0.2) is 0 Å². The first kappa shape index (κ1) is 7.73. The molecule has 0 fully saturated rings. The molecule has 1 aromatic heterocycles. The number of aromatic nitrogens is 3. The molecule has 13 heavy (non-hydrogen) atoms. The number of benzene rings is 1. The van der Waals surface area contributed by atoms with Gasteiger partial charge in [0.1, 0.15) is 12.2 Å². The van der Waals surface area contributed by atoms with Crippen LogP contribution in [0.5, 0.6) is 0 Å². The molecule has 0 amide bonds. The lowest BCUT2D eigenvalue weighted by atomic mass is 10.2. The van der Waals surface area contributed by atoms with Crippen LogP contribution in [-0.4, -0.2) is 15.2 Å². The molecule has 3 heteroatoms. The van der Waals surface area contributed by atoms with Crippen molar-refractivity contribution in [1.82, 2.24) is 15.2 Å². The SMILES string of the molecule is C(=C\c1ncn[nH]1)/c1ccccc1. The first-order valence-electron chi connectivity index (χ1n) is 4.03. The lowest BCUT2D eigenvalue weighted by molar-refractivity contribution is 1.08. The molecule has 1 heterocycles. The first-order valence-corrected chi connectivity index (χ1v) is 4.03. The van der Waals surface area contributed by atoms with Gasteiger partial charge in [0, 0.05) is 0 Å². The molecule has 64 valence electrons. The first-order chi connectivity index (χ1) is 6.45. The summed E-state index contributed by atoms with van der Waals surface area (Å²) in [6.45, 7) is 0. The molecule has 2 aromatic rings. The van der Waals surface area contributed by atoms with Gasteiger partial charge in [-0.05, 0) is 11.6 Å². The third kappa shape index (κ3) is 2.02. The topological polar surface area (TPSA) is 41.6 Å². The van der Waals surface area contributed by atoms with E-state index in [2.05, 4.69) is 15.2 Å². The van der Waals surface area contributed by atoms with Gasteiger partial charge in [-0.2, -0.15) is 5.10 Å². The lowest BCUT2D eigenvalue weighted by Gasteiger charge is -1.88. The Morgan fingerprint density at radius 2 is 1.92 bits per heavy atom. The predicted molar refractivity (Wildman–Crippen MR) is 51.8 cm³/mol. The Balaban J connectivity index is 2.15. The van der Waals surface area contributed by atoms with Crippen LogP contribution < -0.4 is 0 Å². The second-order valence-corrected chi connectivity index (χ2v) is 2.61. The summed E-state index contributed by atoms with van der Waals surface area (Å²) in [6, 6.07) is 10.1. The van der Waals surface area contributed by atoms with E-state index in [-0.39, 0.29) is 0 Å². The van der Waals surface area contributed by atoms with Crippen LogP contribution in [0.4, 0.5) is 0 Å². The average Bonchev–Trinajstić information content (AvgIpc) is 2.69. The zero-order chi connectivity index (χ0) is 8.93. The zero-order valence-corrected chi connectivity index (χ0v) is 7.01. The number of rotatable bonds is 2. The Hall–Kier alpha value is -1.90. The second-order valence-electron chi connectivity index (χ2n) is 2.61. The third-order valence-electron chi connectivity index (χ3n) is 1.67. The van der Waals surface area contributed by atoms with Crippen LogP contribution in [0.15, 0.2) is 36.7 Å². The third-order valence-corrected chi connectivity index (χ3v) is 1.67. The van der Waals surface area contributed by atoms with Gasteiger partial charge in [0.2, 0.25) is 0 Å². The molecule has 1 N–H and O–H groups in total. The Kier molecular flexibility index (Phi) is 2.18. The summed E-state index contributed by atoms with van der Waals surface area (Å²) >= 11 is 0. The summed E-state index contributed by atoms with van der Waals surface area (Å²) in [7, 11) is 0. The number of nitrogens with one attached hydrogen (secondary N) is 1. The van der Waals surface area contributed by atoms with Crippen LogP contribution in [0.2, 0.25) is 0 Å². The molecule has 0 bridgehead atoms. The van der Waals surface area contributed by atoms with E-state index in [9.17, 15) is 0 Å².